The van der Waals surface area contributed by atoms with Gasteiger partial charge in [0.25, 0.3) is 0 Å². The molecule has 0 saturated carbocycles. The van der Waals surface area contributed by atoms with E-state index in [1.54, 1.807) is 14.2 Å². The zero-order valence-electron chi connectivity index (χ0n) is 11.0. The highest BCUT2D eigenvalue weighted by molar-refractivity contribution is 6.17. The lowest BCUT2D eigenvalue weighted by Crippen LogP contribution is -1.93. The molecule has 2 nitrogen and oxygen atoms in total. The van der Waals surface area contributed by atoms with Crippen molar-refractivity contribution in [2.45, 2.75) is 6.92 Å². The molecule has 2 rings (SSSR count). The summed E-state index contributed by atoms with van der Waals surface area (Å²) < 4.78 is 8.99. The van der Waals surface area contributed by atoms with Gasteiger partial charge in [-0.3, -0.25) is 0 Å². The fourth-order valence-corrected chi connectivity index (χ4v) is 1.76. The molecule has 18 heavy (non-hydrogen) atoms. The summed E-state index contributed by atoms with van der Waals surface area (Å²) in [5, 5.41) is 0. The van der Waals surface area contributed by atoms with Gasteiger partial charge >= 0.3 is 10.0 Å². The second kappa shape index (κ2) is 8.64. The summed E-state index contributed by atoms with van der Waals surface area (Å²) in [6.45, 7) is 2.14. The van der Waals surface area contributed by atoms with E-state index in [1.807, 2.05) is 6.07 Å². The molecule has 2 aromatic carbocycles. The first-order chi connectivity index (χ1) is 8.79. The topological polar surface area (TPSA) is 18.5 Å². The Morgan fingerprint density at radius 1 is 0.778 bits per heavy atom. The van der Waals surface area contributed by atoms with Crippen LogP contribution in [0, 0.1) is 6.92 Å². The molecular weight excluding hydrogens is 240 g/mol. The largest absolute Gasteiger partial charge is 0.432 e. The van der Waals surface area contributed by atoms with E-state index in [9.17, 15) is 0 Å². The minimum atomic E-state index is 0.198. The lowest BCUT2D eigenvalue weighted by molar-refractivity contribution is 0.309. The molecule has 0 spiro atoms. The van der Waals surface area contributed by atoms with Gasteiger partial charge in [-0.25, -0.2) is 0 Å². The Bertz CT molecular complexity index is 441. The predicted octanol–water partition coefficient (Wildman–Crippen LogP) is 3.48. The van der Waals surface area contributed by atoms with Gasteiger partial charge in [0.2, 0.25) is 0 Å². The molecule has 3 heteroatoms. The average molecular weight is 258 g/mol. The molecule has 0 unspecified atom stereocenters. The lowest BCUT2D eigenvalue weighted by Gasteiger charge is -2.04. The van der Waals surface area contributed by atoms with Crippen LogP contribution >= 0.6 is 0 Å². The Kier molecular flexibility index (Phi) is 7.02. The third-order valence-corrected chi connectivity index (χ3v) is 2.73. The summed E-state index contributed by atoms with van der Waals surface area (Å²) in [5.41, 5.74) is 3.94. The molecule has 0 amide bonds. The minimum Gasteiger partial charge on any atom is -0.396 e. The van der Waals surface area contributed by atoms with Gasteiger partial charge in [-0.05, 0) is 23.6 Å². The van der Waals surface area contributed by atoms with Gasteiger partial charge in [-0.15, -0.1) is 0 Å². The van der Waals surface area contributed by atoms with Gasteiger partial charge in [0.15, 0.2) is 0 Å². The van der Waals surface area contributed by atoms with E-state index in [2.05, 4.69) is 64.3 Å². The van der Waals surface area contributed by atoms with Crippen LogP contribution in [-0.2, 0) is 8.85 Å². The standard InChI is InChI=1S/C13H12.C2H6O2Si/c1-11-7-5-6-10-13(11)12-8-3-2-4-9-12;1-3-5-4-2/h2-10H,1H3;1-2H3. The highest BCUT2D eigenvalue weighted by atomic mass is 28.3. The number of hydrogen-bond acceptors (Lipinski definition) is 2. The molecule has 2 aromatic rings. The highest BCUT2D eigenvalue weighted by Crippen LogP contribution is 2.21. The van der Waals surface area contributed by atoms with Crippen LogP contribution in [-0.4, -0.2) is 24.2 Å². The summed E-state index contributed by atoms with van der Waals surface area (Å²) in [6, 6.07) is 18.9. The number of hydrogen-bond donors (Lipinski definition) is 0. The monoisotopic (exact) mass is 258 g/mol. The fourth-order valence-electron chi connectivity index (χ4n) is 1.60. The van der Waals surface area contributed by atoms with Crippen LogP contribution in [0.5, 0.6) is 0 Å². The van der Waals surface area contributed by atoms with Crippen molar-refractivity contribution in [2.24, 2.45) is 0 Å². The summed E-state index contributed by atoms with van der Waals surface area (Å²) in [7, 11) is 3.40. The molecule has 0 saturated heterocycles. The quantitative estimate of drug-likeness (QED) is 0.785. The molecule has 0 aliphatic carbocycles. The van der Waals surface area contributed by atoms with E-state index < -0.39 is 0 Å². The van der Waals surface area contributed by atoms with Gasteiger partial charge in [-0.1, -0.05) is 54.6 Å². The maximum absolute atomic E-state index is 4.50. The maximum atomic E-state index is 4.50. The summed E-state index contributed by atoms with van der Waals surface area (Å²) in [5.74, 6) is 0. The van der Waals surface area contributed by atoms with Crippen molar-refractivity contribution in [1.29, 1.82) is 0 Å². The Balaban J connectivity index is 0.000000280. The van der Waals surface area contributed by atoms with Crippen molar-refractivity contribution in [2.75, 3.05) is 14.2 Å². The second-order valence-electron chi connectivity index (χ2n) is 3.67. The van der Waals surface area contributed by atoms with Gasteiger partial charge in [0, 0.05) is 14.2 Å². The number of benzene rings is 2. The van der Waals surface area contributed by atoms with Gasteiger partial charge < -0.3 is 8.85 Å². The second-order valence-corrected chi connectivity index (χ2v) is 4.66. The Hall–Kier alpha value is -1.42. The van der Waals surface area contributed by atoms with E-state index in [1.165, 1.54) is 16.7 Å². The molecule has 0 atom stereocenters. The Labute approximate surface area is 112 Å². The van der Waals surface area contributed by atoms with Crippen molar-refractivity contribution in [3.63, 3.8) is 0 Å². The average Bonchev–Trinajstić information content (AvgIpc) is 2.42. The third-order valence-electron chi connectivity index (χ3n) is 2.40. The fraction of sp³-hybridized carbons (Fsp3) is 0.200. The van der Waals surface area contributed by atoms with Crippen molar-refractivity contribution in [3.05, 3.63) is 60.2 Å². The van der Waals surface area contributed by atoms with Crippen LogP contribution in [0.25, 0.3) is 11.1 Å². The smallest absolute Gasteiger partial charge is 0.396 e. The predicted molar refractivity (Wildman–Crippen MR) is 76.4 cm³/mol. The molecule has 2 radical (unpaired) electrons. The first kappa shape index (κ1) is 14.6. The molecule has 0 aliphatic heterocycles. The molecule has 0 aliphatic rings. The Morgan fingerprint density at radius 3 is 1.83 bits per heavy atom. The lowest BCUT2D eigenvalue weighted by atomic mass is 10.0. The van der Waals surface area contributed by atoms with E-state index in [0.29, 0.717) is 0 Å². The maximum Gasteiger partial charge on any atom is 0.432 e. The first-order valence-corrected chi connectivity index (χ1v) is 6.53. The van der Waals surface area contributed by atoms with Crippen molar-refractivity contribution in [3.8, 4) is 11.1 Å². The summed E-state index contributed by atoms with van der Waals surface area (Å²) >= 11 is 0. The first-order valence-electron chi connectivity index (χ1n) is 5.71. The molecular formula is C15H18O2Si. The van der Waals surface area contributed by atoms with E-state index in [-0.39, 0.29) is 10.0 Å². The van der Waals surface area contributed by atoms with Crippen LogP contribution in [0.15, 0.2) is 54.6 Å². The molecule has 0 bridgehead atoms. The molecule has 0 fully saturated rings. The van der Waals surface area contributed by atoms with Crippen LogP contribution in [0.4, 0.5) is 0 Å². The normalized spacial score (nSPS) is 9.50. The van der Waals surface area contributed by atoms with E-state index in [4.69, 9.17) is 0 Å². The van der Waals surface area contributed by atoms with Crippen LogP contribution in [0.1, 0.15) is 5.56 Å². The van der Waals surface area contributed by atoms with Gasteiger partial charge in [-0.2, -0.15) is 0 Å². The van der Waals surface area contributed by atoms with Crippen LogP contribution < -0.4 is 0 Å². The molecule has 0 heterocycles. The highest BCUT2D eigenvalue weighted by Gasteiger charge is 1.97. The third kappa shape index (κ3) is 4.83. The van der Waals surface area contributed by atoms with Crippen molar-refractivity contribution < 1.29 is 8.85 Å². The SMILES string of the molecule is CO[Si]OC.Cc1ccccc1-c1ccccc1. The van der Waals surface area contributed by atoms with Gasteiger partial charge in [0.05, 0.1) is 0 Å². The van der Waals surface area contributed by atoms with E-state index in [0.717, 1.165) is 0 Å². The van der Waals surface area contributed by atoms with Crippen LogP contribution in [0.2, 0.25) is 0 Å². The molecule has 94 valence electrons. The number of aryl methyl sites for hydroxylation is 1. The van der Waals surface area contributed by atoms with E-state index >= 15 is 0 Å². The van der Waals surface area contributed by atoms with Crippen LogP contribution in [0.3, 0.4) is 0 Å². The zero-order chi connectivity index (χ0) is 13.2. The number of rotatable bonds is 3. The van der Waals surface area contributed by atoms with Gasteiger partial charge in [0.1, 0.15) is 0 Å². The van der Waals surface area contributed by atoms with Crippen molar-refractivity contribution in [1.82, 2.24) is 0 Å². The molecule has 0 aromatic heterocycles. The zero-order valence-corrected chi connectivity index (χ0v) is 12.0. The summed E-state index contributed by atoms with van der Waals surface area (Å²) in [6.07, 6.45) is 0. The molecule has 0 N–H and O–H groups in total. The Morgan fingerprint density at radius 2 is 1.33 bits per heavy atom. The van der Waals surface area contributed by atoms with Crippen molar-refractivity contribution >= 4 is 10.0 Å². The minimum absolute atomic E-state index is 0.198. The summed E-state index contributed by atoms with van der Waals surface area (Å²) in [4.78, 5) is 0.